The number of rotatable bonds is 10. The minimum atomic E-state index is -2.96. The number of carbonyl (C=O) groups is 1. The summed E-state index contributed by atoms with van der Waals surface area (Å²) in [5.74, 6) is 0.524. The van der Waals surface area contributed by atoms with Gasteiger partial charge in [-0.2, -0.15) is 8.78 Å². The molecule has 7 nitrogen and oxygen atoms in total. The summed E-state index contributed by atoms with van der Waals surface area (Å²) in [5, 5.41) is 2.77. The van der Waals surface area contributed by atoms with Gasteiger partial charge in [0.25, 0.3) is 5.91 Å². The largest absolute Gasteiger partial charge is 0.493 e. The van der Waals surface area contributed by atoms with Crippen molar-refractivity contribution in [1.82, 2.24) is 10.3 Å². The fourth-order valence-corrected chi connectivity index (χ4v) is 2.83. The Balaban J connectivity index is 1.70. The molecule has 0 aliphatic carbocycles. The van der Waals surface area contributed by atoms with Crippen LogP contribution in [0.25, 0.3) is 11.5 Å². The molecule has 0 saturated heterocycles. The van der Waals surface area contributed by atoms with Crippen LogP contribution in [-0.4, -0.2) is 30.7 Å². The van der Waals surface area contributed by atoms with Gasteiger partial charge in [-0.15, -0.1) is 0 Å². The monoisotopic (exact) mass is 432 g/mol. The van der Waals surface area contributed by atoms with Gasteiger partial charge in [-0.3, -0.25) is 4.79 Å². The average Bonchev–Trinajstić information content (AvgIpc) is 3.23. The molecule has 0 aliphatic rings. The van der Waals surface area contributed by atoms with Crippen molar-refractivity contribution in [2.75, 3.05) is 13.2 Å². The van der Waals surface area contributed by atoms with Crippen molar-refractivity contribution in [3.8, 4) is 28.7 Å². The molecule has 3 aromatic rings. The maximum atomic E-state index is 12.6. The van der Waals surface area contributed by atoms with E-state index < -0.39 is 6.61 Å². The summed E-state index contributed by atoms with van der Waals surface area (Å²) in [5.41, 5.74) is 1.43. The molecule has 1 N–H and O–H groups in total. The van der Waals surface area contributed by atoms with Crippen LogP contribution in [-0.2, 0) is 6.54 Å². The molecular weight excluding hydrogens is 410 g/mol. The molecular formula is C22H22F2N2O5. The molecule has 2 aromatic carbocycles. The van der Waals surface area contributed by atoms with E-state index in [0.29, 0.717) is 29.2 Å². The fourth-order valence-electron chi connectivity index (χ4n) is 2.83. The Labute approximate surface area is 177 Å². The van der Waals surface area contributed by atoms with Crippen molar-refractivity contribution >= 4 is 5.91 Å². The van der Waals surface area contributed by atoms with E-state index in [4.69, 9.17) is 13.9 Å². The highest BCUT2D eigenvalue weighted by Crippen LogP contribution is 2.33. The third kappa shape index (κ3) is 5.71. The van der Waals surface area contributed by atoms with Gasteiger partial charge in [0.2, 0.25) is 5.89 Å². The second-order valence-corrected chi connectivity index (χ2v) is 6.23. The van der Waals surface area contributed by atoms with Crippen molar-refractivity contribution in [1.29, 1.82) is 0 Å². The number of benzene rings is 2. The first-order valence-electron chi connectivity index (χ1n) is 9.68. The van der Waals surface area contributed by atoms with Crippen molar-refractivity contribution in [3.63, 3.8) is 0 Å². The van der Waals surface area contributed by atoms with E-state index in [1.165, 1.54) is 24.5 Å². The minimum Gasteiger partial charge on any atom is -0.493 e. The average molecular weight is 432 g/mol. The number of nitrogens with one attached hydrogen (secondary N) is 1. The molecule has 1 amide bonds. The van der Waals surface area contributed by atoms with Gasteiger partial charge in [-0.25, -0.2) is 4.98 Å². The predicted octanol–water partition coefficient (Wildman–Crippen LogP) is 4.67. The summed E-state index contributed by atoms with van der Waals surface area (Å²) in [6, 6.07) is 11.4. The number of hydrogen-bond donors (Lipinski definition) is 1. The SMILES string of the molecule is CCOc1cc(-c2nc(CNC(=O)c3ccccc3OCC)co2)ccc1OC(F)F. The van der Waals surface area contributed by atoms with E-state index in [1.54, 1.807) is 31.2 Å². The van der Waals surface area contributed by atoms with Crippen LogP contribution in [0.3, 0.4) is 0 Å². The van der Waals surface area contributed by atoms with Crippen molar-refractivity contribution in [3.05, 3.63) is 60.0 Å². The van der Waals surface area contributed by atoms with Gasteiger partial charge in [-0.05, 0) is 44.2 Å². The summed E-state index contributed by atoms with van der Waals surface area (Å²) < 4.78 is 45.9. The van der Waals surface area contributed by atoms with E-state index in [-0.39, 0.29) is 36.4 Å². The first-order valence-corrected chi connectivity index (χ1v) is 9.68. The lowest BCUT2D eigenvalue weighted by Crippen LogP contribution is -2.23. The molecule has 1 heterocycles. The molecule has 0 bridgehead atoms. The van der Waals surface area contributed by atoms with Crippen LogP contribution in [0.1, 0.15) is 29.9 Å². The number of aromatic nitrogens is 1. The number of halogens is 2. The minimum absolute atomic E-state index is 0.0763. The molecule has 1 aromatic heterocycles. The Bertz CT molecular complexity index is 1020. The van der Waals surface area contributed by atoms with Crippen molar-refractivity contribution < 1.29 is 32.2 Å². The zero-order valence-corrected chi connectivity index (χ0v) is 17.1. The smallest absolute Gasteiger partial charge is 0.387 e. The van der Waals surface area contributed by atoms with E-state index in [9.17, 15) is 13.6 Å². The first kappa shape index (κ1) is 22.1. The Morgan fingerprint density at radius 3 is 2.55 bits per heavy atom. The lowest BCUT2D eigenvalue weighted by atomic mass is 10.2. The van der Waals surface area contributed by atoms with Gasteiger partial charge in [0.05, 0.1) is 31.0 Å². The van der Waals surface area contributed by atoms with Crippen LogP contribution in [0.2, 0.25) is 0 Å². The van der Waals surface area contributed by atoms with E-state index in [2.05, 4.69) is 15.0 Å². The summed E-state index contributed by atoms with van der Waals surface area (Å²) in [4.78, 5) is 16.8. The lowest BCUT2D eigenvalue weighted by Gasteiger charge is -2.11. The number of nitrogens with zero attached hydrogens (tertiary/aromatic N) is 1. The van der Waals surface area contributed by atoms with Crippen LogP contribution >= 0.6 is 0 Å². The standard InChI is InChI=1S/C22H22F2N2O5/c1-3-28-17-8-6-5-7-16(17)20(27)25-12-15-13-30-21(26-15)14-9-10-18(31-22(23)24)19(11-14)29-4-2/h5-11,13,22H,3-4,12H2,1-2H3,(H,25,27). The molecule has 0 aliphatic heterocycles. The summed E-state index contributed by atoms with van der Waals surface area (Å²) in [6.45, 7) is 1.46. The molecule has 0 unspecified atom stereocenters. The van der Waals surface area contributed by atoms with Gasteiger partial charge in [0.1, 0.15) is 12.0 Å². The third-order valence-electron chi connectivity index (χ3n) is 4.12. The topological polar surface area (TPSA) is 82.8 Å². The van der Waals surface area contributed by atoms with E-state index in [0.717, 1.165) is 0 Å². The number of para-hydroxylation sites is 1. The van der Waals surface area contributed by atoms with E-state index >= 15 is 0 Å². The number of amides is 1. The molecule has 0 radical (unpaired) electrons. The summed E-state index contributed by atoms with van der Waals surface area (Å²) in [7, 11) is 0. The number of hydrogen-bond acceptors (Lipinski definition) is 6. The van der Waals surface area contributed by atoms with Crippen LogP contribution in [0.5, 0.6) is 17.2 Å². The van der Waals surface area contributed by atoms with Gasteiger partial charge < -0.3 is 23.9 Å². The number of ether oxygens (including phenoxy) is 3. The second kappa shape index (κ2) is 10.4. The summed E-state index contributed by atoms with van der Waals surface area (Å²) >= 11 is 0. The quantitative estimate of drug-likeness (QED) is 0.501. The third-order valence-corrected chi connectivity index (χ3v) is 4.12. The van der Waals surface area contributed by atoms with Gasteiger partial charge in [-0.1, -0.05) is 12.1 Å². The molecule has 31 heavy (non-hydrogen) atoms. The first-order chi connectivity index (χ1) is 15.0. The number of carbonyl (C=O) groups excluding carboxylic acids is 1. The van der Waals surface area contributed by atoms with Gasteiger partial charge in [0.15, 0.2) is 11.5 Å². The molecule has 0 fully saturated rings. The zero-order valence-electron chi connectivity index (χ0n) is 17.1. The molecule has 0 atom stereocenters. The Kier molecular flexibility index (Phi) is 7.42. The Morgan fingerprint density at radius 1 is 1.06 bits per heavy atom. The Hall–Kier alpha value is -3.62. The Morgan fingerprint density at radius 2 is 1.81 bits per heavy atom. The number of oxazole rings is 1. The van der Waals surface area contributed by atoms with Crippen molar-refractivity contribution in [2.45, 2.75) is 27.0 Å². The maximum absolute atomic E-state index is 12.6. The second-order valence-electron chi connectivity index (χ2n) is 6.23. The zero-order chi connectivity index (χ0) is 22.2. The fraction of sp³-hybridized carbons (Fsp3) is 0.273. The van der Waals surface area contributed by atoms with Crippen LogP contribution in [0.4, 0.5) is 8.78 Å². The molecule has 3 rings (SSSR count). The highest BCUT2D eigenvalue weighted by Gasteiger charge is 2.16. The molecule has 9 heteroatoms. The highest BCUT2D eigenvalue weighted by atomic mass is 19.3. The number of alkyl halides is 2. The molecule has 164 valence electrons. The maximum Gasteiger partial charge on any atom is 0.387 e. The highest BCUT2D eigenvalue weighted by molar-refractivity contribution is 5.96. The normalized spacial score (nSPS) is 10.7. The van der Waals surface area contributed by atoms with E-state index in [1.807, 2.05) is 6.92 Å². The summed E-state index contributed by atoms with van der Waals surface area (Å²) in [6.07, 6.45) is 1.41. The van der Waals surface area contributed by atoms with Crippen LogP contribution in [0, 0.1) is 0 Å². The molecule has 0 saturated carbocycles. The lowest BCUT2D eigenvalue weighted by molar-refractivity contribution is -0.0514. The predicted molar refractivity (Wildman–Crippen MR) is 109 cm³/mol. The van der Waals surface area contributed by atoms with Crippen molar-refractivity contribution in [2.24, 2.45) is 0 Å². The molecule has 0 spiro atoms. The van der Waals surface area contributed by atoms with Crippen LogP contribution < -0.4 is 19.5 Å². The van der Waals surface area contributed by atoms with Gasteiger partial charge >= 0.3 is 6.61 Å². The van der Waals surface area contributed by atoms with Gasteiger partial charge in [0, 0.05) is 5.56 Å². The van der Waals surface area contributed by atoms with Crippen LogP contribution in [0.15, 0.2) is 53.1 Å².